The number of likely N-dealkylation sites (tertiary alicyclic amines) is 2. The molecule has 10 heteroatoms. The summed E-state index contributed by atoms with van der Waals surface area (Å²) in [5.74, 6) is -3.81. The molecule has 10 nitrogen and oxygen atoms in total. The van der Waals surface area contributed by atoms with Gasteiger partial charge in [-0.2, -0.15) is 10.2 Å². The second-order valence-electron chi connectivity index (χ2n) is 9.54. The normalized spacial score (nSPS) is 31.6. The summed E-state index contributed by atoms with van der Waals surface area (Å²) in [6.07, 6.45) is 12.1. The summed E-state index contributed by atoms with van der Waals surface area (Å²) in [6, 6.07) is 3.66. The Morgan fingerprint density at radius 2 is 0.971 bits per heavy atom. The highest BCUT2D eigenvalue weighted by atomic mass is 16.2. The molecule has 0 N–H and O–H groups in total. The van der Waals surface area contributed by atoms with E-state index in [0.717, 1.165) is 0 Å². The maximum Gasteiger partial charge on any atom is 0.233 e. The van der Waals surface area contributed by atoms with Gasteiger partial charge in [-0.15, -0.1) is 0 Å². The van der Waals surface area contributed by atoms with Crippen molar-refractivity contribution in [3.05, 3.63) is 49.1 Å². The zero-order valence-corrected chi connectivity index (χ0v) is 18.6. The Morgan fingerprint density at radius 3 is 1.29 bits per heavy atom. The molecule has 2 aliphatic heterocycles. The van der Waals surface area contributed by atoms with Crippen LogP contribution in [0.15, 0.2) is 49.1 Å². The van der Waals surface area contributed by atoms with Crippen LogP contribution in [-0.2, 0) is 32.3 Å². The van der Waals surface area contributed by atoms with Crippen molar-refractivity contribution in [2.24, 2.45) is 35.5 Å². The number of aromatic nitrogens is 4. The number of amides is 4. The Labute approximate surface area is 196 Å². The second kappa shape index (κ2) is 8.03. The van der Waals surface area contributed by atoms with Crippen molar-refractivity contribution in [2.75, 3.05) is 13.1 Å². The summed E-state index contributed by atoms with van der Waals surface area (Å²) < 4.78 is 3.54. The number of aryl methyl sites for hydroxylation is 2. The van der Waals surface area contributed by atoms with Crippen LogP contribution in [-0.4, -0.2) is 66.1 Å². The minimum Gasteiger partial charge on any atom is -0.282 e. The molecule has 3 fully saturated rings. The largest absolute Gasteiger partial charge is 0.282 e. The third-order valence-electron chi connectivity index (χ3n) is 7.85. The van der Waals surface area contributed by atoms with E-state index in [-0.39, 0.29) is 23.6 Å². The average molecular weight is 463 g/mol. The molecule has 2 aromatic heterocycles. The Kier molecular flexibility index (Phi) is 4.96. The molecule has 4 atom stereocenters. The zero-order valence-electron chi connectivity index (χ0n) is 18.6. The maximum atomic E-state index is 13.3. The van der Waals surface area contributed by atoms with Gasteiger partial charge in [-0.3, -0.25) is 38.3 Å². The topological polar surface area (TPSA) is 110 Å². The molecule has 4 heterocycles. The van der Waals surface area contributed by atoms with Crippen molar-refractivity contribution < 1.29 is 19.2 Å². The molecule has 0 radical (unpaired) electrons. The predicted octanol–water partition coefficient (Wildman–Crippen LogP) is 0.578. The van der Waals surface area contributed by atoms with Crippen LogP contribution in [0, 0.1) is 35.5 Å². The summed E-state index contributed by atoms with van der Waals surface area (Å²) in [4.78, 5) is 56.0. The average Bonchev–Trinajstić information content (AvgIpc) is 3.63. The minimum absolute atomic E-state index is 0.203. The molecule has 0 spiro atoms. The van der Waals surface area contributed by atoms with Gasteiger partial charge in [0.15, 0.2) is 0 Å². The fourth-order valence-electron chi connectivity index (χ4n) is 6.44. The van der Waals surface area contributed by atoms with Gasteiger partial charge in [-0.25, -0.2) is 0 Å². The first-order valence-electron chi connectivity index (χ1n) is 11.9. The van der Waals surface area contributed by atoms with Gasteiger partial charge >= 0.3 is 0 Å². The van der Waals surface area contributed by atoms with Gasteiger partial charge in [0.2, 0.25) is 23.6 Å². The first-order chi connectivity index (χ1) is 16.6. The lowest BCUT2D eigenvalue weighted by Gasteiger charge is -2.44. The summed E-state index contributed by atoms with van der Waals surface area (Å²) in [5.41, 5.74) is 0. The van der Waals surface area contributed by atoms with Crippen molar-refractivity contribution in [3.63, 3.8) is 0 Å². The Hall–Kier alpha value is -3.56. The van der Waals surface area contributed by atoms with Gasteiger partial charge in [0.1, 0.15) is 0 Å². The smallest absolute Gasteiger partial charge is 0.233 e. The van der Waals surface area contributed by atoms with Gasteiger partial charge in [0.25, 0.3) is 0 Å². The van der Waals surface area contributed by atoms with E-state index in [0.29, 0.717) is 39.0 Å². The van der Waals surface area contributed by atoms with Gasteiger partial charge in [0, 0.05) is 62.8 Å². The van der Waals surface area contributed by atoms with E-state index in [9.17, 15) is 19.2 Å². The van der Waals surface area contributed by atoms with Crippen LogP contribution in [0.2, 0.25) is 0 Å². The molecule has 0 aromatic carbocycles. The van der Waals surface area contributed by atoms with Crippen LogP contribution in [0.4, 0.5) is 0 Å². The van der Waals surface area contributed by atoms with E-state index in [1.807, 2.05) is 36.7 Å². The van der Waals surface area contributed by atoms with E-state index >= 15 is 0 Å². The first-order valence-corrected chi connectivity index (χ1v) is 11.9. The van der Waals surface area contributed by atoms with Gasteiger partial charge in [0.05, 0.1) is 23.7 Å². The van der Waals surface area contributed by atoms with Crippen LogP contribution >= 0.6 is 0 Å². The Morgan fingerprint density at radius 1 is 0.588 bits per heavy atom. The number of hydrogen-bond acceptors (Lipinski definition) is 6. The highest BCUT2D eigenvalue weighted by Gasteiger charge is 2.68. The molecule has 176 valence electrons. The summed E-state index contributed by atoms with van der Waals surface area (Å²) >= 11 is 0. The van der Waals surface area contributed by atoms with Gasteiger partial charge in [-0.1, -0.05) is 12.2 Å². The van der Waals surface area contributed by atoms with Crippen LogP contribution in [0.3, 0.4) is 0 Å². The first kappa shape index (κ1) is 21.0. The van der Waals surface area contributed by atoms with Crippen LogP contribution < -0.4 is 0 Å². The Bertz CT molecular complexity index is 1020. The quantitative estimate of drug-likeness (QED) is 0.419. The Balaban J connectivity index is 1.17. The van der Waals surface area contributed by atoms with E-state index in [1.165, 1.54) is 9.80 Å². The van der Waals surface area contributed by atoms with Crippen LogP contribution in [0.1, 0.15) is 12.8 Å². The number of nitrogens with zero attached hydrogens (tertiary/aromatic N) is 6. The van der Waals surface area contributed by atoms with E-state index in [4.69, 9.17) is 0 Å². The number of imide groups is 2. The number of allylic oxidation sites excluding steroid dienone is 2. The molecule has 7 rings (SSSR count). The van der Waals surface area contributed by atoms with E-state index in [2.05, 4.69) is 10.2 Å². The predicted molar refractivity (Wildman–Crippen MR) is 117 cm³/mol. The second-order valence-corrected chi connectivity index (χ2v) is 9.54. The molecular weight excluding hydrogens is 436 g/mol. The molecule has 2 saturated heterocycles. The van der Waals surface area contributed by atoms with Crippen LogP contribution in [0.5, 0.6) is 0 Å². The molecular formula is C24H26N6O4. The van der Waals surface area contributed by atoms with E-state index in [1.54, 1.807) is 21.8 Å². The zero-order chi connectivity index (χ0) is 23.4. The lowest BCUT2D eigenvalue weighted by Crippen LogP contribution is -2.50. The number of rotatable bonds is 8. The number of carbonyl (C=O) groups is 4. The molecule has 34 heavy (non-hydrogen) atoms. The van der Waals surface area contributed by atoms with Crippen molar-refractivity contribution in [1.29, 1.82) is 0 Å². The maximum absolute atomic E-state index is 13.3. The number of hydrogen-bond donors (Lipinski definition) is 0. The fraction of sp³-hybridized carbons (Fsp3) is 0.500. The fourth-order valence-corrected chi connectivity index (χ4v) is 6.44. The third-order valence-corrected chi connectivity index (χ3v) is 7.85. The van der Waals surface area contributed by atoms with Crippen molar-refractivity contribution in [3.8, 4) is 0 Å². The molecule has 2 bridgehead atoms. The highest BCUT2D eigenvalue weighted by Crippen LogP contribution is 2.57. The standard InChI is InChI=1S/C24H26N6O4/c31-21-17-15-5-6-16(18(17)22(32)29(21)13-3-11-27-9-1-7-25-27)20-19(15)23(33)30(24(20)34)14-4-12-28-10-2-8-26-28/h1-2,5-10,15-20H,3-4,11-14H2. The molecule has 5 aliphatic rings. The van der Waals surface area contributed by atoms with Crippen molar-refractivity contribution >= 4 is 23.6 Å². The summed E-state index contributed by atoms with van der Waals surface area (Å²) in [5, 5.41) is 8.31. The highest BCUT2D eigenvalue weighted by molar-refractivity contribution is 6.10. The number of carbonyl (C=O) groups excluding carboxylic acids is 4. The monoisotopic (exact) mass is 462 g/mol. The SMILES string of the molecule is O=C1C2C3C=CC(C2C(=O)N1CCCn1cccn1)C1C(=O)N(CCCn2cccn2)C(=O)C31. The lowest BCUT2D eigenvalue weighted by atomic mass is 9.54. The van der Waals surface area contributed by atoms with Gasteiger partial charge in [-0.05, 0) is 25.0 Å². The van der Waals surface area contributed by atoms with Crippen molar-refractivity contribution in [2.45, 2.75) is 25.9 Å². The molecule has 4 amide bonds. The summed E-state index contributed by atoms with van der Waals surface area (Å²) in [6.45, 7) is 1.86. The third kappa shape index (κ3) is 3.08. The lowest BCUT2D eigenvalue weighted by molar-refractivity contribution is -0.140. The molecule has 3 aliphatic carbocycles. The molecule has 2 aromatic rings. The van der Waals surface area contributed by atoms with Crippen LogP contribution in [0.25, 0.3) is 0 Å². The van der Waals surface area contributed by atoms with E-state index < -0.39 is 35.5 Å². The molecule has 1 saturated carbocycles. The molecule has 4 unspecified atom stereocenters. The minimum atomic E-state index is -0.547. The summed E-state index contributed by atoms with van der Waals surface area (Å²) in [7, 11) is 0. The van der Waals surface area contributed by atoms with Gasteiger partial charge < -0.3 is 0 Å². The van der Waals surface area contributed by atoms with Crippen molar-refractivity contribution in [1.82, 2.24) is 29.4 Å².